The van der Waals surface area contributed by atoms with Gasteiger partial charge < -0.3 is 29.6 Å². The first-order chi connectivity index (χ1) is 13.9. The van der Waals surface area contributed by atoms with Gasteiger partial charge in [-0.2, -0.15) is 0 Å². The van der Waals surface area contributed by atoms with Crippen molar-refractivity contribution in [1.29, 1.82) is 0 Å². The fourth-order valence-electron chi connectivity index (χ4n) is 2.83. The van der Waals surface area contributed by atoms with E-state index in [1.807, 2.05) is 57.2 Å². The molecule has 29 heavy (non-hydrogen) atoms. The molecule has 0 fully saturated rings. The molecule has 0 aromatic heterocycles. The lowest BCUT2D eigenvalue weighted by atomic mass is 10.1. The normalized spacial score (nSPS) is 11.6. The highest BCUT2D eigenvalue weighted by Crippen LogP contribution is 2.31. The summed E-state index contributed by atoms with van der Waals surface area (Å²) in [6.45, 7) is 6.13. The number of rotatable bonds is 9. The van der Waals surface area contributed by atoms with Crippen molar-refractivity contribution in [3.8, 4) is 23.0 Å². The molecule has 0 radical (unpaired) electrons. The SMILES string of the molecule is COc1ccc(OC)c(CNC(=O)NC(C)c2ccc(OC(C)C)c(OC)c2)c1. The number of carbonyl (C=O) groups is 1. The summed E-state index contributed by atoms with van der Waals surface area (Å²) in [4.78, 5) is 12.4. The van der Waals surface area contributed by atoms with Gasteiger partial charge >= 0.3 is 6.03 Å². The van der Waals surface area contributed by atoms with Gasteiger partial charge in [0.1, 0.15) is 11.5 Å². The van der Waals surface area contributed by atoms with Crippen molar-refractivity contribution in [2.45, 2.75) is 39.5 Å². The summed E-state index contributed by atoms with van der Waals surface area (Å²) in [6, 6.07) is 10.6. The van der Waals surface area contributed by atoms with Crippen molar-refractivity contribution >= 4 is 6.03 Å². The monoisotopic (exact) mass is 402 g/mol. The maximum absolute atomic E-state index is 12.4. The predicted octanol–water partition coefficient (Wildman–Crippen LogP) is 4.06. The summed E-state index contributed by atoms with van der Waals surface area (Å²) in [5.74, 6) is 2.69. The third-order valence-electron chi connectivity index (χ3n) is 4.32. The zero-order valence-electron chi connectivity index (χ0n) is 17.9. The van der Waals surface area contributed by atoms with E-state index in [1.54, 1.807) is 21.3 Å². The molecule has 0 aliphatic heterocycles. The Balaban J connectivity index is 2.00. The molecular weight excluding hydrogens is 372 g/mol. The molecule has 2 aromatic rings. The van der Waals surface area contributed by atoms with Crippen LogP contribution in [0.4, 0.5) is 4.79 Å². The van der Waals surface area contributed by atoms with Crippen LogP contribution in [0.3, 0.4) is 0 Å². The van der Waals surface area contributed by atoms with E-state index in [2.05, 4.69) is 10.6 Å². The van der Waals surface area contributed by atoms with E-state index in [9.17, 15) is 4.79 Å². The predicted molar refractivity (Wildman–Crippen MR) is 112 cm³/mol. The van der Waals surface area contributed by atoms with Gasteiger partial charge in [-0.25, -0.2) is 4.79 Å². The third-order valence-corrected chi connectivity index (χ3v) is 4.32. The van der Waals surface area contributed by atoms with E-state index >= 15 is 0 Å². The van der Waals surface area contributed by atoms with Crippen LogP contribution in [0.1, 0.15) is 37.9 Å². The van der Waals surface area contributed by atoms with E-state index in [0.717, 1.165) is 11.1 Å². The summed E-state index contributed by atoms with van der Waals surface area (Å²) in [7, 11) is 4.78. The van der Waals surface area contributed by atoms with Gasteiger partial charge in [0, 0.05) is 12.1 Å². The van der Waals surface area contributed by atoms with E-state index in [0.29, 0.717) is 29.5 Å². The number of hydrogen-bond donors (Lipinski definition) is 2. The Kier molecular flexibility index (Phi) is 8.00. The highest BCUT2D eigenvalue weighted by Gasteiger charge is 2.14. The molecule has 2 rings (SSSR count). The molecule has 0 aliphatic rings. The highest BCUT2D eigenvalue weighted by atomic mass is 16.5. The number of carbonyl (C=O) groups excluding carboxylic acids is 1. The van der Waals surface area contributed by atoms with Crippen molar-refractivity contribution in [2.75, 3.05) is 21.3 Å². The lowest BCUT2D eigenvalue weighted by molar-refractivity contribution is 0.230. The Morgan fingerprint density at radius 1 is 0.897 bits per heavy atom. The van der Waals surface area contributed by atoms with Crippen molar-refractivity contribution in [1.82, 2.24) is 10.6 Å². The lowest BCUT2D eigenvalue weighted by Crippen LogP contribution is -2.36. The fraction of sp³-hybridized carbons (Fsp3) is 0.409. The molecule has 7 heteroatoms. The van der Waals surface area contributed by atoms with Gasteiger partial charge in [0.25, 0.3) is 0 Å². The number of ether oxygens (including phenoxy) is 4. The molecule has 0 spiro atoms. The summed E-state index contributed by atoms with van der Waals surface area (Å²) < 4.78 is 21.7. The van der Waals surface area contributed by atoms with Crippen LogP contribution >= 0.6 is 0 Å². The van der Waals surface area contributed by atoms with Crippen LogP contribution in [0.25, 0.3) is 0 Å². The van der Waals surface area contributed by atoms with Crippen LogP contribution in [0.15, 0.2) is 36.4 Å². The molecule has 0 saturated carbocycles. The second-order valence-corrected chi connectivity index (χ2v) is 6.80. The smallest absolute Gasteiger partial charge is 0.315 e. The summed E-state index contributed by atoms with van der Waals surface area (Å²) >= 11 is 0. The Morgan fingerprint density at radius 3 is 2.21 bits per heavy atom. The van der Waals surface area contributed by atoms with Crippen LogP contribution in [0.2, 0.25) is 0 Å². The van der Waals surface area contributed by atoms with E-state index in [4.69, 9.17) is 18.9 Å². The van der Waals surface area contributed by atoms with Crippen LogP contribution in [0, 0.1) is 0 Å². The minimum Gasteiger partial charge on any atom is -0.497 e. The van der Waals surface area contributed by atoms with E-state index in [-0.39, 0.29) is 18.2 Å². The first-order valence-corrected chi connectivity index (χ1v) is 9.47. The number of hydrogen-bond acceptors (Lipinski definition) is 5. The number of benzene rings is 2. The Bertz CT molecular complexity index is 823. The van der Waals surface area contributed by atoms with Crippen LogP contribution in [-0.4, -0.2) is 33.5 Å². The summed E-state index contributed by atoms with van der Waals surface area (Å²) in [5, 5.41) is 5.78. The number of nitrogens with one attached hydrogen (secondary N) is 2. The van der Waals surface area contributed by atoms with Gasteiger partial charge in [-0.3, -0.25) is 0 Å². The molecule has 0 aliphatic carbocycles. The van der Waals surface area contributed by atoms with Crippen LogP contribution in [0.5, 0.6) is 23.0 Å². The minimum absolute atomic E-state index is 0.0460. The van der Waals surface area contributed by atoms with Gasteiger partial charge in [-0.1, -0.05) is 6.07 Å². The average Bonchev–Trinajstić information content (AvgIpc) is 2.71. The largest absolute Gasteiger partial charge is 0.497 e. The molecule has 158 valence electrons. The Morgan fingerprint density at radius 2 is 1.59 bits per heavy atom. The van der Waals surface area contributed by atoms with E-state index < -0.39 is 0 Å². The second kappa shape index (κ2) is 10.5. The standard InChI is InChI=1S/C22H30N2O5/c1-14(2)29-20-9-7-16(12-21(20)28-6)15(3)24-22(25)23-13-17-11-18(26-4)8-10-19(17)27-5/h7-12,14-15H,13H2,1-6H3,(H2,23,24,25). The molecular formula is C22H30N2O5. The first kappa shape index (κ1) is 22.2. The van der Waals surface area contributed by atoms with Gasteiger partial charge in [0.05, 0.1) is 33.5 Å². The zero-order valence-corrected chi connectivity index (χ0v) is 17.9. The Hall–Kier alpha value is -3.09. The molecule has 0 bridgehead atoms. The maximum atomic E-state index is 12.4. The molecule has 7 nitrogen and oxygen atoms in total. The van der Waals surface area contributed by atoms with Crippen LogP contribution in [-0.2, 0) is 6.54 Å². The van der Waals surface area contributed by atoms with E-state index in [1.165, 1.54) is 0 Å². The fourth-order valence-corrected chi connectivity index (χ4v) is 2.83. The molecule has 2 amide bonds. The summed E-state index contributed by atoms with van der Waals surface area (Å²) in [6.07, 6.45) is 0.0460. The molecule has 0 heterocycles. The molecule has 1 unspecified atom stereocenters. The third kappa shape index (κ3) is 6.20. The van der Waals surface area contributed by atoms with Crippen molar-refractivity contribution in [2.24, 2.45) is 0 Å². The van der Waals surface area contributed by atoms with Crippen LogP contribution < -0.4 is 29.6 Å². The quantitative estimate of drug-likeness (QED) is 0.661. The number of amides is 2. The average molecular weight is 402 g/mol. The summed E-state index contributed by atoms with van der Waals surface area (Å²) in [5.41, 5.74) is 1.73. The zero-order chi connectivity index (χ0) is 21.4. The lowest BCUT2D eigenvalue weighted by Gasteiger charge is -2.19. The van der Waals surface area contributed by atoms with Gasteiger partial charge in [0.2, 0.25) is 0 Å². The van der Waals surface area contributed by atoms with Crippen molar-refractivity contribution in [3.63, 3.8) is 0 Å². The molecule has 2 N–H and O–H groups in total. The molecule has 0 saturated heterocycles. The topological polar surface area (TPSA) is 78.1 Å². The Labute approximate surface area is 172 Å². The van der Waals surface area contributed by atoms with Gasteiger partial charge in [-0.05, 0) is 56.7 Å². The molecule has 2 aromatic carbocycles. The van der Waals surface area contributed by atoms with Gasteiger partial charge in [-0.15, -0.1) is 0 Å². The van der Waals surface area contributed by atoms with Gasteiger partial charge in [0.15, 0.2) is 11.5 Å². The number of methoxy groups -OCH3 is 3. The minimum atomic E-state index is -0.288. The number of urea groups is 1. The first-order valence-electron chi connectivity index (χ1n) is 9.47. The van der Waals surface area contributed by atoms with Crippen molar-refractivity contribution in [3.05, 3.63) is 47.5 Å². The maximum Gasteiger partial charge on any atom is 0.315 e. The second-order valence-electron chi connectivity index (χ2n) is 6.80. The molecule has 1 atom stereocenters. The van der Waals surface area contributed by atoms with Crippen molar-refractivity contribution < 1.29 is 23.7 Å². The highest BCUT2D eigenvalue weighted by molar-refractivity contribution is 5.74.